The van der Waals surface area contributed by atoms with Crippen LogP contribution in [0.1, 0.15) is 33.1 Å². The summed E-state index contributed by atoms with van der Waals surface area (Å²) in [5, 5.41) is 10.1. The molecule has 0 atom stereocenters. The molecule has 0 aromatic heterocycles. The van der Waals surface area contributed by atoms with E-state index < -0.39 is 0 Å². The van der Waals surface area contributed by atoms with Gasteiger partial charge in [0.15, 0.2) is 0 Å². The summed E-state index contributed by atoms with van der Waals surface area (Å²) < 4.78 is 0. The van der Waals surface area contributed by atoms with Crippen LogP contribution in [0.3, 0.4) is 0 Å². The summed E-state index contributed by atoms with van der Waals surface area (Å²) in [6.07, 6.45) is 3.81. The van der Waals surface area contributed by atoms with Crippen molar-refractivity contribution in [2.24, 2.45) is 0 Å². The summed E-state index contributed by atoms with van der Waals surface area (Å²) in [5.41, 5.74) is 0. The normalized spacial score (nSPS) is 8.82. The third-order valence-corrected chi connectivity index (χ3v) is 2.16. The monoisotopic (exact) mass is 441 g/mol. The van der Waals surface area contributed by atoms with Crippen LogP contribution in [0.5, 0.6) is 0 Å². The van der Waals surface area contributed by atoms with E-state index in [-0.39, 0.29) is 50.9 Å². The number of hydrogen-bond acceptors (Lipinski definition) is 3. The second kappa shape index (κ2) is 26.0. The molecular weight excluding hydrogens is 414 g/mol. The van der Waals surface area contributed by atoms with Gasteiger partial charge in [0.1, 0.15) is 0 Å². The van der Waals surface area contributed by atoms with Gasteiger partial charge in [-0.2, -0.15) is 0 Å². The molecule has 110 valence electrons. The smallest absolute Gasteiger partial charge is 0.00368 e. The van der Waals surface area contributed by atoms with Gasteiger partial charge in [-0.3, -0.25) is 0 Å². The third-order valence-electron chi connectivity index (χ3n) is 2.16. The average molecular weight is 444 g/mol. The maximum absolute atomic E-state index is 3.45. The molecule has 0 spiro atoms. The Bertz CT molecular complexity index is 96.0. The molecule has 0 aromatic carbocycles. The zero-order chi connectivity index (χ0) is 10.5. The quantitative estimate of drug-likeness (QED) is 0.430. The van der Waals surface area contributed by atoms with E-state index in [4.69, 9.17) is 0 Å². The van der Waals surface area contributed by atoms with E-state index >= 15 is 0 Å². The van der Waals surface area contributed by atoms with Gasteiger partial charge in [0.05, 0.1) is 0 Å². The van der Waals surface area contributed by atoms with Gasteiger partial charge in [0, 0.05) is 0 Å². The summed E-state index contributed by atoms with van der Waals surface area (Å²) in [7, 11) is 0. The Morgan fingerprint density at radius 2 is 0.882 bits per heavy atom. The van der Waals surface area contributed by atoms with Crippen LogP contribution in [0, 0.1) is 0 Å². The zero-order valence-electron chi connectivity index (χ0n) is 11.1. The predicted molar refractivity (Wildman–Crippen MR) is 94.8 cm³/mol. The fourth-order valence-electron chi connectivity index (χ4n) is 1.32. The summed E-state index contributed by atoms with van der Waals surface area (Å²) in [6.45, 7) is 11.1. The van der Waals surface area contributed by atoms with E-state index in [0.29, 0.717) is 0 Å². The number of rotatable bonds is 11. The van der Waals surface area contributed by atoms with E-state index in [2.05, 4.69) is 29.8 Å². The molecule has 0 radical (unpaired) electrons. The van der Waals surface area contributed by atoms with Gasteiger partial charge in [-0.15, -0.1) is 50.9 Å². The van der Waals surface area contributed by atoms with Crippen molar-refractivity contribution in [1.29, 1.82) is 0 Å². The standard InChI is InChI=1S/C11H27N3.3BrH/c1-3-12-8-5-6-9-14-11-7-10-13-4-2;;;/h12-14H,3-11H2,1-2H3;3*1H. The molecule has 0 rings (SSSR count). The van der Waals surface area contributed by atoms with Crippen LogP contribution in [-0.4, -0.2) is 39.3 Å². The largest absolute Gasteiger partial charge is 0.317 e. The molecular formula is C11H30Br3N3. The number of halogens is 3. The molecule has 3 nitrogen and oxygen atoms in total. The molecule has 0 aliphatic heterocycles. The number of hydrogen-bond donors (Lipinski definition) is 3. The molecule has 0 aromatic rings. The highest BCUT2D eigenvalue weighted by molar-refractivity contribution is 8.93. The lowest BCUT2D eigenvalue weighted by molar-refractivity contribution is 0.567. The van der Waals surface area contributed by atoms with Crippen molar-refractivity contribution < 1.29 is 0 Å². The zero-order valence-corrected chi connectivity index (χ0v) is 16.2. The lowest BCUT2D eigenvalue weighted by Crippen LogP contribution is -2.23. The fraction of sp³-hybridized carbons (Fsp3) is 1.00. The number of nitrogens with one attached hydrogen (secondary N) is 3. The van der Waals surface area contributed by atoms with Gasteiger partial charge < -0.3 is 16.0 Å². The first-order valence-corrected chi connectivity index (χ1v) is 6.04. The van der Waals surface area contributed by atoms with Crippen molar-refractivity contribution in [2.75, 3.05) is 39.3 Å². The van der Waals surface area contributed by atoms with E-state index in [0.717, 1.165) is 39.3 Å². The van der Waals surface area contributed by atoms with Crippen molar-refractivity contribution in [1.82, 2.24) is 16.0 Å². The van der Waals surface area contributed by atoms with Crippen molar-refractivity contribution in [2.45, 2.75) is 33.1 Å². The molecule has 0 aliphatic carbocycles. The summed E-state index contributed by atoms with van der Waals surface area (Å²) in [4.78, 5) is 0. The highest BCUT2D eigenvalue weighted by Crippen LogP contribution is 1.84. The van der Waals surface area contributed by atoms with Crippen molar-refractivity contribution in [3.63, 3.8) is 0 Å². The molecule has 0 saturated heterocycles. The molecule has 3 N–H and O–H groups in total. The van der Waals surface area contributed by atoms with E-state index in [1.54, 1.807) is 0 Å². The Morgan fingerprint density at radius 3 is 1.35 bits per heavy atom. The van der Waals surface area contributed by atoms with E-state index in [9.17, 15) is 0 Å². The minimum atomic E-state index is 0. The van der Waals surface area contributed by atoms with Crippen LogP contribution in [0.15, 0.2) is 0 Å². The summed E-state index contributed by atoms with van der Waals surface area (Å²) in [5.74, 6) is 0. The van der Waals surface area contributed by atoms with Crippen LogP contribution in [0.25, 0.3) is 0 Å². The van der Waals surface area contributed by atoms with E-state index in [1.165, 1.54) is 19.3 Å². The molecule has 0 bridgehead atoms. The SMILES string of the molecule is Br.Br.Br.CCNCCCCNCCCNCC. The first-order chi connectivity index (χ1) is 6.91. The molecule has 0 fully saturated rings. The fourth-order valence-corrected chi connectivity index (χ4v) is 1.32. The minimum Gasteiger partial charge on any atom is -0.317 e. The Morgan fingerprint density at radius 1 is 0.529 bits per heavy atom. The van der Waals surface area contributed by atoms with Gasteiger partial charge in [-0.25, -0.2) is 0 Å². The molecule has 0 aliphatic rings. The highest BCUT2D eigenvalue weighted by Gasteiger charge is 1.89. The Hall–Kier alpha value is 1.32. The average Bonchev–Trinajstić information content (AvgIpc) is 2.21. The highest BCUT2D eigenvalue weighted by atomic mass is 79.9. The molecule has 0 saturated carbocycles. The van der Waals surface area contributed by atoms with Crippen LogP contribution in [-0.2, 0) is 0 Å². The predicted octanol–water partition coefficient (Wildman–Crippen LogP) is 2.70. The van der Waals surface area contributed by atoms with Gasteiger partial charge >= 0.3 is 0 Å². The first-order valence-electron chi connectivity index (χ1n) is 6.04. The molecule has 6 heteroatoms. The lowest BCUT2D eigenvalue weighted by Gasteiger charge is -2.05. The van der Waals surface area contributed by atoms with Gasteiger partial charge in [0.2, 0.25) is 0 Å². The van der Waals surface area contributed by atoms with Gasteiger partial charge in [0.25, 0.3) is 0 Å². The second-order valence-electron chi connectivity index (χ2n) is 3.52. The van der Waals surface area contributed by atoms with Crippen molar-refractivity contribution in [3.8, 4) is 0 Å². The van der Waals surface area contributed by atoms with Crippen LogP contribution in [0.2, 0.25) is 0 Å². The van der Waals surface area contributed by atoms with Crippen LogP contribution < -0.4 is 16.0 Å². The first kappa shape index (κ1) is 26.8. The topological polar surface area (TPSA) is 36.1 Å². The molecule has 17 heavy (non-hydrogen) atoms. The Labute approximate surface area is 139 Å². The Balaban J connectivity index is -0.000000282. The van der Waals surface area contributed by atoms with Crippen molar-refractivity contribution in [3.05, 3.63) is 0 Å². The van der Waals surface area contributed by atoms with Gasteiger partial charge in [-0.1, -0.05) is 13.8 Å². The Kier molecular flexibility index (Phi) is 41.0. The summed E-state index contributed by atoms with van der Waals surface area (Å²) in [6, 6.07) is 0. The van der Waals surface area contributed by atoms with Crippen LogP contribution in [0.4, 0.5) is 0 Å². The second-order valence-corrected chi connectivity index (χ2v) is 3.52. The number of unbranched alkanes of at least 4 members (excludes halogenated alkanes) is 1. The minimum absolute atomic E-state index is 0. The molecule has 0 heterocycles. The maximum Gasteiger partial charge on any atom is -0.00368 e. The van der Waals surface area contributed by atoms with Gasteiger partial charge in [-0.05, 0) is 58.5 Å². The van der Waals surface area contributed by atoms with E-state index in [1.807, 2.05) is 0 Å². The molecule has 0 amide bonds. The summed E-state index contributed by atoms with van der Waals surface area (Å²) >= 11 is 0. The molecule has 0 unspecified atom stereocenters. The third kappa shape index (κ3) is 26.8. The van der Waals surface area contributed by atoms with Crippen LogP contribution >= 0.6 is 50.9 Å². The van der Waals surface area contributed by atoms with Crippen molar-refractivity contribution >= 4 is 50.9 Å². The maximum atomic E-state index is 3.45. The lowest BCUT2D eigenvalue weighted by atomic mass is 10.3.